The zero-order chi connectivity index (χ0) is 15.4. The fourth-order valence-electron chi connectivity index (χ4n) is 3.04. The zero-order valence-corrected chi connectivity index (χ0v) is 13.8. The van der Waals surface area contributed by atoms with E-state index < -0.39 is 0 Å². The van der Waals surface area contributed by atoms with Gasteiger partial charge in [-0.05, 0) is 52.1 Å². The van der Waals surface area contributed by atoms with Gasteiger partial charge in [0.05, 0.1) is 13.2 Å². The summed E-state index contributed by atoms with van der Waals surface area (Å²) >= 11 is 0. The lowest BCUT2D eigenvalue weighted by atomic mass is 10.0. The van der Waals surface area contributed by atoms with E-state index in [0.29, 0.717) is 18.2 Å². The molecule has 1 heterocycles. The van der Waals surface area contributed by atoms with Crippen LogP contribution >= 0.6 is 0 Å². The van der Waals surface area contributed by atoms with Crippen LogP contribution in [-0.2, 0) is 11.3 Å². The summed E-state index contributed by atoms with van der Waals surface area (Å²) in [6.45, 7) is 6.07. The molecule has 4 heteroatoms. The number of hydrogen-bond donors (Lipinski definition) is 1. The van der Waals surface area contributed by atoms with Crippen LogP contribution < -0.4 is 10.1 Å². The summed E-state index contributed by atoms with van der Waals surface area (Å²) in [6, 6.07) is 7.27. The van der Waals surface area contributed by atoms with Crippen LogP contribution in [0.5, 0.6) is 5.75 Å². The van der Waals surface area contributed by atoms with E-state index in [4.69, 9.17) is 9.47 Å². The maximum absolute atomic E-state index is 5.68. The Balaban J connectivity index is 2.16. The maximum Gasteiger partial charge on any atom is 0.123 e. The number of nitrogens with one attached hydrogen (secondary N) is 1. The van der Waals surface area contributed by atoms with Gasteiger partial charge >= 0.3 is 0 Å². The van der Waals surface area contributed by atoms with E-state index >= 15 is 0 Å². The molecule has 1 saturated heterocycles. The highest BCUT2D eigenvalue weighted by Gasteiger charge is 2.28. The molecule has 21 heavy (non-hydrogen) atoms. The molecule has 1 aromatic rings. The first-order valence-electron chi connectivity index (χ1n) is 7.72. The van der Waals surface area contributed by atoms with Gasteiger partial charge in [-0.3, -0.25) is 4.90 Å². The van der Waals surface area contributed by atoms with Crippen molar-refractivity contribution in [3.63, 3.8) is 0 Å². The van der Waals surface area contributed by atoms with E-state index in [1.165, 1.54) is 11.1 Å². The van der Waals surface area contributed by atoms with Crippen LogP contribution in [0.25, 0.3) is 0 Å². The van der Waals surface area contributed by atoms with E-state index in [0.717, 1.165) is 25.3 Å². The van der Waals surface area contributed by atoms with Crippen molar-refractivity contribution in [3.8, 4) is 5.75 Å². The number of nitrogens with zero attached hydrogens (tertiary/aromatic N) is 1. The molecule has 1 N–H and O–H groups in total. The van der Waals surface area contributed by atoms with Gasteiger partial charge < -0.3 is 14.8 Å². The topological polar surface area (TPSA) is 33.7 Å². The molecule has 0 aliphatic carbocycles. The number of methoxy groups -OCH3 is 1. The lowest BCUT2D eigenvalue weighted by Crippen LogP contribution is -2.36. The van der Waals surface area contributed by atoms with Gasteiger partial charge in [-0.25, -0.2) is 0 Å². The van der Waals surface area contributed by atoms with Gasteiger partial charge in [0.2, 0.25) is 0 Å². The second kappa shape index (κ2) is 7.25. The Kier molecular flexibility index (Phi) is 5.62. The van der Waals surface area contributed by atoms with Crippen LogP contribution in [0, 0.1) is 0 Å². The molecule has 0 spiro atoms. The summed E-state index contributed by atoms with van der Waals surface area (Å²) in [5, 5.41) is 3.29. The molecule has 0 saturated carbocycles. The lowest BCUT2D eigenvalue weighted by molar-refractivity contribution is 0.0811. The van der Waals surface area contributed by atoms with Gasteiger partial charge in [-0.15, -0.1) is 0 Å². The molecule has 4 nitrogen and oxygen atoms in total. The lowest BCUT2D eigenvalue weighted by Gasteiger charge is -2.27. The monoisotopic (exact) mass is 292 g/mol. The third-order valence-electron chi connectivity index (χ3n) is 4.56. The van der Waals surface area contributed by atoms with E-state index in [1.807, 2.05) is 7.05 Å². The molecule has 1 aliphatic rings. The van der Waals surface area contributed by atoms with E-state index in [-0.39, 0.29) is 0 Å². The van der Waals surface area contributed by atoms with Crippen LogP contribution in [0.2, 0.25) is 0 Å². The van der Waals surface area contributed by atoms with Crippen molar-refractivity contribution in [1.82, 2.24) is 10.2 Å². The van der Waals surface area contributed by atoms with Crippen molar-refractivity contribution < 1.29 is 9.47 Å². The van der Waals surface area contributed by atoms with Crippen molar-refractivity contribution in [1.29, 1.82) is 0 Å². The predicted molar refractivity (Wildman–Crippen MR) is 85.8 cm³/mol. The van der Waals surface area contributed by atoms with Gasteiger partial charge in [0.1, 0.15) is 5.75 Å². The van der Waals surface area contributed by atoms with Crippen LogP contribution in [-0.4, -0.2) is 44.9 Å². The highest BCUT2D eigenvalue weighted by atomic mass is 16.5. The fraction of sp³-hybridized carbons (Fsp3) is 0.647. The molecule has 3 unspecified atom stereocenters. The fourth-order valence-corrected chi connectivity index (χ4v) is 3.04. The molecule has 0 aromatic heterocycles. The summed E-state index contributed by atoms with van der Waals surface area (Å²) < 4.78 is 11.2. The van der Waals surface area contributed by atoms with Crippen LogP contribution in [0.15, 0.2) is 18.2 Å². The number of hydrogen-bond acceptors (Lipinski definition) is 4. The average Bonchev–Trinajstić information content (AvgIpc) is 2.92. The molecule has 0 bridgehead atoms. The second-order valence-corrected chi connectivity index (χ2v) is 5.93. The Hall–Kier alpha value is -1.10. The molecule has 3 atom stereocenters. The summed E-state index contributed by atoms with van der Waals surface area (Å²) in [6.07, 6.45) is 1.41. The number of ether oxygens (including phenoxy) is 2. The van der Waals surface area contributed by atoms with Crippen molar-refractivity contribution in [2.45, 2.75) is 45.0 Å². The standard InChI is InChI=1S/C17H28N2O2/c1-12(18-3)14-6-7-17(20-5)15(10-14)11-19(4)16-8-9-21-13(16)2/h6-7,10,12-13,16,18H,8-9,11H2,1-5H3. The second-order valence-electron chi connectivity index (χ2n) is 5.93. The Bertz CT molecular complexity index is 464. The first-order valence-corrected chi connectivity index (χ1v) is 7.72. The molecule has 1 aromatic carbocycles. The molecular formula is C17H28N2O2. The normalized spacial score (nSPS) is 23.5. The minimum Gasteiger partial charge on any atom is -0.496 e. The van der Waals surface area contributed by atoms with E-state index in [9.17, 15) is 0 Å². The first kappa shape index (κ1) is 16.3. The van der Waals surface area contributed by atoms with Gasteiger partial charge in [0.15, 0.2) is 0 Å². The van der Waals surface area contributed by atoms with Crippen LogP contribution in [0.4, 0.5) is 0 Å². The summed E-state index contributed by atoms with van der Waals surface area (Å²) in [5.41, 5.74) is 2.52. The molecule has 118 valence electrons. The smallest absolute Gasteiger partial charge is 0.123 e. The number of benzene rings is 1. The van der Waals surface area contributed by atoms with Crippen molar-refractivity contribution >= 4 is 0 Å². The highest BCUT2D eigenvalue weighted by Crippen LogP contribution is 2.27. The summed E-state index contributed by atoms with van der Waals surface area (Å²) in [4.78, 5) is 2.38. The molecular weight excluding hydrogens is 264 g/mol. The molecule has 1 aliphatic heterocycles. The van der Waals surface area contributed by atoms with E-state index in [1.54, 1.807) is 7.11 Å². The Morgan fingerprint density at radius 3 is 2.81 bits per heavy atom. The zero-order valence-electron chi connectivity index (χ0n) is 13.8. The quantitative estimate of drug-likeness (QED) is 0.874. The largest absolute Gasteiger partial charge is 0.496 e. The Labute approximate surface area is 128 Å². The van der Waals surface area contributed by atoms with Crippen molar-refractivity contribution in [3.05, 3.63) is 29.3 Å². The van der Waals surface area contributed by atoms with Gasteiger partial charge in [-0.2, -0.15) is 0 Å². The van der Waals surface area contributed by atoms with Gasteiger partial charge in [0, 0.05) is 30.8 Å². The Morgan fingerprint density at radius 1 is 1.48 bits per heavy atom. The van der Waals surface area contributed by atoms with Crippen LogP contribution in [0.3, 0.4) is 0 Å². The maximum atomic E-state index is 5.68. The molecule has 0 amide bonds. The average molecular weight is 292 g/mol. The minimum absolute atomic E-state index is 0.306. The van der Waals surface area contributed by atoms with Crippen LogP contribution in [0.1, 0.15) is 37.4 Å². The molecule has 2 rings (SSSR count). The minimum atomic E-state index is 0.306. The first-order chi connectivity index (χ1) is 10.1. The summed E-state index contributed by atoms with van der Waals surface area (Å²) in [5.74, 6) is 0.959. The summed E-state index contributed by atoms with van der Waals surface area (Å²) in [7, 11) is 5.89. The number of rotatable bonds is 6. The molecule has 1 fully saturated rings. The SMILES string of the molecule is CNC(C)c1ccc(OC)c(CN(C)C2CCOC2C)c1. The van der Waals surface area contributed by atoms with Gasteiger partial charge in [-0.1, -0.05) is 6.07 Å². The highest BCUT2D eigenvalue weighted by molar-refractivity contribution is 5.38. The Morgan fingerprint density at radius 2 is 2.24 bits per heavy atom. The molecule has 0 radical (unpaired) electrons. The van der Waals surface area contributed by atoms with Crippen molar-refractivity contribution in [2.24, 2.45) is 0 Å². The third-order valence-corrected chi connectivity index (χ3v) is 4.56. The van der Waals surface area contributed by atoms with Crippen molar-refractivity contribution in [2.75, 3.05) is 27.8 Å². The van der Waals surface area contributed by atoms with Gasteiger partial charge in [0.25, 0.3) is 0 Å². The predicted octanol–water partition coefficient (Wildman–Crippen LogP) is 2.58. The third kappa shape index (κ3) is 3.76. The van der Waals surface area contributed by atoms with E-state index in [2.05, 4.69) is 49.3 Å². The number of likely N-dealkylation sites (N-methyl/N-ethyl adjacent to an activating group) is 1.